The van der Waals surface area contributed by atoms with Crippen molar-refractivity contribution in [3.8, 4) is 11.3 Å². The minimum absolute atomic E-state index is 0.132. The predicted molar refractivity (Wildman–Crippen MR) is 81.6 cm³/mol. The summed E-state index contributed by atoms with van der Waals surface area (Å²) < 4.78 is 28.3. The second kappa shape index (κ2) is 7.03. The minimum atomic E-state index is -3.93. The smallest absolute Gasteiger partial charge is 0.301 e. The number of rotatable bonds is 6. The lowest BCUT2D eigenvalue weighted by molar-refractivity contribution is -0.118. The first-order valence-corrected chi connectivity index (χ1v) is 8.22. The van der Waals surface area contributed by atoms with Gasteiger partial charge in [-0.25, -0.2) is 14.3 Å². The van der Waals surface area contributed by atoms with E-state index in [1.807, 2.05) is 18.2 Å². The van der Waals surface area contributed by atoms with Gasteiger partial charge >= 0.3 is 6.01 Å². The van der Waals surface area contributed by atoms with Gasteiger partial charge in [0.2, 0.25) is 11.8 Å². The van der Waals surface area contributed by atoms with Gasteiger partial charge in [0.05, 0.1) is 0 Å². The molecular weight excluding hydrogens is 324 g/mol. The zero-order valence-corrected chi connectivity index (χ0v) is 12.7. The molecule has 122 valence electrons. The maximum atomic E-state index is 11.7. The van der Waals surface area contributed by atoms with Crippen LogP contribution in [-0.2, 0) is 19.4 Å². The van der Waals surface area contributed by atoms with Gasteiger partial charge in [0.15, 0.2) is 9.84 Å². The monoisotopic (exact) mass is 338 g/mol. The number of hydrazine groups is 1. The van der Waals surface area contributed by atoms with Crippen LogP contribution < -0.4 is 16.6 Å². The molecule has 23 heavy (non-hydrogen) atoms. The molecule has 4 N–H and O–H groups in total. The Morgan fingerprint density at radius 1 is 1.13 bits per heavy atom. The number of aromatic nitrogens is 1. The number of nitrogens with one attached hydrogen (secondary N) is 2. The van der Waals surface area contributed by atoms with Crippen LogP contribution in [0.25, 0.3) is 11.3 Å². The van der Waals surface area contributed by atoms with Crippen LogP contribution in [0.1, 0.15) is 0 Å². The quantitative estimate of drug-likeness (QED) is 0.372. The topological polar surface area (TPSA) is 144 Å². The number of carbonyl (C=O) groups excluding carboxylic acids is 2. The van der Waals surface area contributed by atoms with E-state index in [0.717, 1.165) is 5.56 Å². The summed E-state index contributed by atoms with van der Waals surface area (Å²) in [5, 5.41) is 2.22. The highest BCUT2D eigenvalue weighted by atomic mass is 32.2. The first-order chi connectivity index (χ1) is 10.9. The Hall–Kier alpha value is -2.72. The second-order valence-corrected chi connectivity index (χ2v) is 6.62. The second-order valence-electron chi connectivity index (χ2n) is 4.55. The minimum Gasteiger partial charge on any atom is -0.431 e. The van der Waals surface area contributed by atoms with Gasteiger partial charge in [-0.3, -0.25) is 20.3 Å². The van der Waals surface area contributed by atoms with Crippen LogP contribution in [0.5, 0.6) is 0 Å². The van der Waals surface area contributed by atoms with E-state index >= 15 is 0 Å². The number of oxazole rings is 1. The Morgan fingerprint density at radius 2 is 1.78 bits per heavy atom. The normalized spacial score (nSPS) is 11.0. The lowest BCUT2D eigenvalue weighted by Crippen LogP contribution is -2.37. The number of hydrogen-bond donors (Lipinski definition) is 3. The van der Waals surface area contributed by atoms with Gasteiger partial charge < -0.3 is 4.42 Å². The molecule has 0 bridgehead atoms. The summed E-state index contributed by atoms with van der Waals surface area (Å²) in [5.74, 6) is 1.27. The molecule has 0 aliphatic rings. The average Bonchev–Trinajstić information content (AvgIpc) is 2.95. The van der Waals surface area contributed by atoms with Crippen LogP contribution in [0, 0.1) is 0 Å². The zero-order chi connectivity index (χ0) is 16.9. The van der Waals surface area contributed by atoms with Crippen molar-refractivity contribution >= 4 is 27.7 Å². The van der Waals surface area contributed by atoms with Gasteiger partial charge in [0.25, 0.3) is 0 Å². The Labute approximate surface area is 131 Å². The van der Waals surface area contributed by atoms with Gasteiger partial charge in [-0.2, -0.15) is 4.98 Å². The highest BCUT2D eigenvalue weighted by Gasteiger charge is 2.21. The number of carbonyl (C=O) groups is 2. The third kappa shape index (κ3) is 4.90. The van der Waals surface area contributed by atoms with Gasteiger partial charge in [0, 0.05) is 5.56 Å². The van der Waals surface area contributed by atoms with E-state index < -0.39 is 33.2 Å². The van der Waals surface area contributed by atoms with E-state index in [2.05, 4.69) is 10.3 Å². The van der Waals surface area contributed by atoms with Crippen molar-refractivity contribution in [3.05, 3.63) is 36.6 Å². The molecule has 0 radical (unpaired) electrons. The van der Waals surface area contributed by atoms with Crippen molar-refractivity contribution < 1.29 is 22.4 Å². The Kier molecular flexibility index (Phi) is 5.09. The van der Waals surface area contributed by atoms with Crippen molar-refractivity contribution in [2.45, 2.75) is 0 Å². The summed E-state index contributed by atoms with van der Waals surface area (Å²) in [7, 11) is -3.93. The molecule has 10 heteroatoms. The fourth-order valence-corrected chi connectivity index (χ4v) is 2.78. The number of sulfone groups is 1. The van der Waals surface area contributed by atoms with E-state index in [4.69, 9.17) is 10.3 Å². The highest BCUT2D eigenvalue weighted by molar-refractivity contribution is 7.92. The van der Waals surface area contributed by atoms with E-state index in [0.29, 0.717) is 5.69 Å². The third-order valence-corrected chi connectivity index (χ3v) is 4.09. The average molecular weight is 338 g/mol. The maximum absolute atomic E-state index is 11.7. The highest BCUT2D eigenvalue weighted by Crippen LogP contribution is 2.20. The van der Waals surface area contributed by atoms with Crippen molar-refractivity contribution in [1.29, 1.82) is 0 Å². The molecule has 1 aromatic carbocycles. The molecule has 0 spiro atoms. The fraction of sp³-hybridized carbons (Fsp3) is 0.154. The fourth-order valence-electron chi connectivity index (χ4n) is 1.72. The Balaban J connectivity index is 1.99. The van der Waals surface area contributed by atoms with E-state index in [1.165, 1.54) is 6.26 Å². The van der Waals surface area contributed by atoms with Crippen LogP contribution >= 0.6 is 0 Å². The lowest BCUT2D eigenvalue weighted by atomic mass is 10.2. The van der Waals surface area contributed by atoms with E-state index in [1.54, 1.807) is 17.6 Å². The predicted octanol–water partition coefficient (Wildman–Crippen LogP) is -0.315. The molecule has 0 atom stereocenters. The molecule has 9 nitrogen and oxygen atoms in total. The van der Waals surface area contributed by atoms with Crippen LogP contribution in [-0.4, -0.2) is 36.7 Å². The number of nitrogens with two attached hydrogens (primary N) is 1. The van der Waals surface area contributed by atoms with Gasteiger partial charge in [0.1, 0.15) is 23.5 Å². The summed E-state index contributed by atoms with van der Waals surface area (Å²) in [5.41, 5.74) is 2.96. The molecule has 0 aliphatic carbocycles. The number of anilines is 1. The molecule has 0 aliphatic heterocycles. The molecule has 0 unspecified atom stereocenters. The zero-order valence-electron chi connectivity index (χ0n) is 11.9. The lowest BCUT2D eigenvalue weighted by Gasteiger charge is -2.03. The standard InChI is InChI=1S/C13H14N4O5S/c14-17-12(19)8-23(20,21)7-11(18)16-13-15-10(6-22-13)9-4-2-1-3-5-9/h1-6H,7-8,14H2,(H,17,19)(H,15,16,18). The van der Waals surface area contributed by atoms with Crippen molar-refractivity contribution in [3.63, 3.8) is 0 Å². The van der Waals surface area contributed by atoms with E-state index in [9.17, 15) is 18.0 Å². The van der Waals surface area contributed by atoms with Gasteiger partial charge in [-0.1, -0.05) is 30.3 Å². The van der Waals surface area contributed by atoms with Crippen LogP contribution in [0.3, 0.4) is 0 Å². The molecule has 0 saturated carbocycles. The van der Waals surface area contributed by atoms with Gasteiger partial charge in [-0.05, 0) is 0 Å². The number of nitrogens with zero attached hydrogens (tertiary/aromatic N) is 1. The molecule has 1 aromatic heterocycles. The van der Waals surface area contributed by atoms with Crippen LogP contribution in [0.15, 0.2) is 41.0 Å². The SMILES string of the molecule is NNC(=O)CS(=O)(=O)CC(=O)Nc1nc(-c2ccccc2)co1. The summed E-state index contributed by atoms with van der Waals surface area (Å²) in [6.45, 7) is 0. The first kappa shape index (κ1) is 16.6. The molecule has 2 rings (SSSR count). The summed E-state index contributed by atoms with van der Waals surface area (Å²) in [6, 6.07) is 8.95. The van der Waals surface area contributed by atoms with Crippen molar-refractivity contribution in [2.75, 3.05) is 16.8 Å². The maximum Gasteiger partial charge on any atom is 0.301 e. The summed E-state index contributed by atoms with van der Waals surface area (Å²) >= 11 is 0. The largest absolute Gasteiger partial charge is 0.431 e. The number of benzene rings is 1. The molecular formula is C13H14N4O5S. The molecule has 0 saturated heterocycles. The molecule has 1 heterocycles. The summed E-state index contributed by atoms with van der Waals surface area (Å²) in [6.07, 6.45) is 1.33. The van der Waals surface area contributed by atoms with E-state index in [-0.39, 0.29) is 6.01 Å². The number of hydrogen-bond acceptors (Lipinski definition) is 7. The van der Waals surface area contributed by atoms with Crippen molar-refractivity contribution in [1.82, 2.24) is 10.4 Å². The Bertz CT molecular complexity index is 801. The Morgan fingerprint density at radius 3 is 2.43 bits per heavy atom. The number of amides is 2. The van der Waals surface area contributed by atoms with Crippen LogP contribution in [0.2, 0.25) is 0 Å². The van der Waals surface area contributed by atoms with Gasteiger partial charge in [-0.15, -0.1) is 0 Å². The molecule has 0 fully saturated rings. The first-order valence-electron chi connectivity index (χ1n) is 6.40. The molecule has 2 aromatic rings. The van der Waals surface area contributed by atoms with Crippen LogP contribution in [0.4, 0.5) is 6.01 Å². The third-order valence-electron chi connectivity index (χ3n) is 2.68. The van der Waals surface area contributed by atoms with Crippen molar-refractivity contribution in [2.24, 2.45) is 5.84 Å². The molecule has 2 amide bonds. The summed E-state index contributed by atoms with van der Waals surface area (Å²) in [4.78, 5) is 26.7.